The van der Waals surface area contributed by atoms with Gasteiger partial charge in [-0.25, -0.2) is 4.39 Å². The van der Waals surface area contributed by atoms with Crippen molar-refractivity contribution in [1.29, 1.82) is 0 Å². The second-order valence-electron chi connectivity index (χ2n) is 4.96. The van der Waals surface area contributed by atoms with Gasteiger partial charge in [-0.3, -0.25) is 4.79 Å². The van der Waals surface area contributed by atoms with Crippen molar-refractivity contribution in [1.82, 2.24) is 5.32 Å². The summed E-state index contributed by atoms with van der Waals surface area (Å²) in [6.45, 7) is 0.240. The number of hydrogen-bond donors (Lipinski definition) is 3. The number of amides is 1. The molecule has 0 saturated carbocycles. The molecule has 8 heteroatoms. The van der Waals surface area contributed by atoms with Crippen molar-refractivity contribution in [2.75, 3.05) is 13.1 Å². The van der Waals surface area contributed by atoms with E-state index < -0.39 is 18.0 Å². The van der Waals surface area contributed by atoms with Crippen LogP contribution in [0.25, 0.3) is 0 Å². The highest BCUT2D eigenvalue weighted by Gasteiger charge is 2.30. The van der Waals surface area contributed by atoms with Gasteiger partial charge in [0, 0.05) is 23.7 Å². The molecule has 1 unspecified atom stereocenters. The molecule has 124 valence electrons. The van der Waals surface area contributed by atoms with Crippen LogP contribution in [0.2, 0.25) is 5.02 Å². The number of carbonyl (C=O) groups excluding carboxylic acids is 1. The van der Waals surface area contributed by atoms with E-state index >= 15 is 0 Å². The van der Waals surface area contributed by atoms with Crippen LogP contribution in [0, 0.1) is 5.82 Å². The van der Waals surface area contributed by atoms with Gasteiger partial charge in [-0.2, -0.15) is 0 Å². The van der Waals surface area contributed by atoms with Gasteiger partial charge in [-0.05, 0) is 25.0 Å². The normalized spacial score (nSPS) is 22.0. The molecule has 1 heterocycles. The molecule has 1 fully saturated rings. The van der Waals surface area contributed by atoms with Crippen LogP contribution in [0.5, 0.6) is 0 Å². The van der Waals surface area contributed by atoms with Gasteiger partial charge in [0.15, 0.2) is 0 Å². The van der Waals surface area contributed by atoms with Gasteiger partial charge < -0.3 is 20.9 Å². The number of nitrogens with one attached hydrogen (secondary N) is 1. The number of hydrogen-bond acceptors (Lipinski definition) is 4. The highest BCUT2D eigenvalue weighted by atomic mass is 35.5. The van der Waals surface area contributed by atoms with E-state index in [1.165, 1.54) is 18.2 Å². The summed E-state index contributed by atoms with van der Waals surface area (Å²) in [5.41, 5.74) is 5.45. The second-order valence-corrected chi connectivity index (χ2v) is 5.36. The standard InChI is InChI=1S/C14H18ClFN2O3.ClH/c15-9-2-1-3-10(16)13(9)11(19)7-18-14(20)12-5-4-8(6-17)21-12;/h1-3,8,11-12,19H,4-7,17H2,(H,18,20);1H/t8-,11?,12+;/m1./s1. The Morgan fingerprint density at radius 3 is 2.86 bits per heavy atom. The Morgan fingerprint density at radius 1 is 1.55 bits per heavy atom. The zero-order valence-corrected chi connectivity index (χ0v) is 13.4. The topological polar surface area (TPSA) is 84.6 Å². The summed E-state index contributed by atoms with van der Waals surface area (Å²) in [6.07, 6.45) is -0.566. The summed E-state index contributed by atoms with van der Waals surface area (Å²) >= 11 is 5.85. The van der Waals surface area contributed by atoms with Crippen molar-refractivity contribution in [3.05, 3.63) is 34.6 Å². The first-order valence-corrected chi connectivity index (χ1v) is 7.16. The van der Waals surface area contributed by atoms with Gasteiger partial charge in [-0.1, -0.05) is 17.7 Å². The Balaban J connectivity index is 0.00000242. The average Bonchev–Trinajstić information content (AvgIpc) is 2.93. The maximum absolute atomic E-state index is 13.6. The van der Waals surface area contributed by atoms with Crippen LogP contribution in [0.15, 0.2) is 18.2 Å². The highest BCUT2D eigenvalue weighted by molar-refractivity contribution is 6.31. The Morgan fingerprint density at radius 2 is 2.27 bits per heavy atom. The molecule has 1 aliphatic heterocycles. The van der Waals surface area contributed by atoms with E-state index in [1.807, 2.05) is 0 Å². The van der Waals surface area contributed by atoms with Crippen molar-refractivity contribution in [3.63, 3.8) is 0 Å². The van der Waals surface area contributed by atoms with E-state index in [4.69, 9.17) is 22.1 Å². The highest BCUT2D eigenvalue weighted by Crippen LogP contribution is 2.25. The smallest absolute Gasteiger partial charge is 0.249 e. The molecule has 1 aliphatic rings. The summed E-state index contributed by atoms with van der Waals surface area (Å²) < 4.78 is 19.1. The van der Waals surface area contributed by atoms with E-state index in [2.05, 4.69) is 5.32 Å². The largest absolute Gasteiger partial charge is 0.386 e. The molecule has 2 rings (SSSR count). The third kappa shape index (κ3) is 4.54. The molecule has 0 spiro atoms. The van der Waals surface area contributed by atoms with E-state index in [0.29, 0.717) is 13.0 Å². The lowest BCUT2D eigenvalue weighted by Gasteiger charge is -2.17. The monoisotopic (exact) mass is 352 g/mol. The summed E-state index contributed by atoms with van der Waals surface area (Å²) in [5, 5.41) is 12.6. The molecule has 0 bridgehead atoms. The Bertz CT molecular complexity index is 499. The molecule has 1 saturated heterocycles. The van der Waals surface area contributed by atoms with Gasteiger partial charge >= 0.3 is 0 Å². The lowest BCUT2D eigenvalue weighted by molar-refractivity contribution is -0.132. The molecular weight excluding hydrogens is 334 g/mol. The SMILES string of the molecule is Cl.NC[C@H]1CC[C@@H](C(=O)NCC(O)c2c(F)cccc2Cl)O1. The predicted octanol–water partition coefficient (Wildman–Crippen LogP) is 1.56. The van der Waals surface area contributed by atoms with Crippen molar-refractivity contribution in [2.45, 2.75) is 31.2 Å². The first kappa shape index (κ1) is 19.1. The van der Waals surface area contributed by atoms with Gasteiger partial charge in [0.25, 0.3) is 0 Å². The molecular formula is C14H19Cl2FN2O3. The van der Waals surface area contributed by atoms with Crippen LogP contribution in [-0.4, -0.2) is 36.3 Å². The van der Waals surface area contributed by atoms with Gasteiger partial charge in [-0.15, -0.1) is 12.4 Å². The third-order valence-corrected chi connectivity index (χ3v) is 3.80. The maximum Gasteiger partial charge on any atom is 0.249 e. The predicted molar refractivity (Wildman–Crippen MR) is 83.6 cm³/mol. The molecule has 0 aliphatic carbocycles. The Hall–Kier alpha value is -0.920. The number of aliphatic hydroxyl groups is 1. The molecule has 3 atom stereocenters. The number of nitrogens with two attached hydrogens (primary N) is 1. The van der Waals surface area contributed by atoms with Crippen LogP contribution in [0.4, 0.5) is 4.39 Å². The fraction of sp³-hybridized carbons (Fsp3) is 0.500. The molecule has 1 amide bonds. The molecule has 1 aromatic rings. The first-order valence-electron chi connectivity index (χ1n) is 6.78. The fourth-order valence-corrected chi connectivity index (χ4v) is 2.60. The number of ether oxygens (including phenoxy) is 1. The molecule has 0 radical (unpaired) electrons. The minimum atomic E-state index is -1.21. The zero-order valence-electron chi connectivity index (χ0n) is 11.8. The van der Waals surface area contributed by atoms with Crippen LogP contribution in [0.3, 0.4) is 0 Å². The fourth-order valence-electron chi connectivity index (χ4n) is 2.31. The summed E-state index contributed by atoms with van der Waals surface area (Å²) in [5.74, 6) is -0.943. The van der Waals surface area contributed by atoms with Gasteiger partial charge in [0.2, 0.25) is 5.91 Å². The van der Waals surface area contributed by atoms with Crippen molar-refractivity contribution in [3.8, 4) is 0 Å². The van der Waals surface area contributed by atoms with E-state index in [9.17, 15) is 14.3 Å². The van der Waals surface area contributed by atoms with Crippen molar-refractivity contribution < 1.29 is 19.0 Å². The summed E-state index contributed by atoms with van der Waals surface area (Å²) in [4.78, 5) is 11.9. The maximum atomic E-state index is 13.6. The van der Waals surface area contributed by atoms with Crippen molar-refractivity contribution >= 4 is 29.9 Å². The van der Waals surface area contributed by atoms with Gasteiger partial charge in [0.05, 0.1) is 6.10 Å². The average molecular weight is 353 g/mol. The first-order chi connectivity index (χ1) is 10.0. The number of aliphatic hydroxyl groups excluding tert-OH is 1. The molecule has 22 heavy (non-hydrogen) atoms. The van der Waals surface area contributed by atoms with Crippen LogP contribution in [0.1, 0.15) is 24.5 Å². The van der Waals surface area contributed by atoms with E-state index in [0.717, 1.165) is 6.42 Å². The van der Waals surface area contributed by atoms with Crippen molar-refractivity contribution in [2.24, 2.45) is 5.73 Å². The number of halogens is 3. The summed E-state index contributed by atoms with van der Waals surface area (Å²) in [6, 6.07) is 4.14. The van der Waals surface area contributed by atoms with Crippen LogP contribution in [-0.2, 0) is 9.53 Å². The second kappa shape index (κ2) is 8.64. The molecule has 1 aromatic carbocycles. The molecule has 0 aromatic heterocycles. The molecule has 4 N–H and O–H groups in total. The number of carbonyl (C=O) groups is 1. The quantitative estimate of drug-likeness (QED) is 0.750. The minimum Gasteiger partial charge on any atom is -0.386 e. The van der Waals surface area contributed by atoms with E-state index in [-0.39, 0.29) is 41.5 Å². The van der Waals surface area contributed by atoms with Crippen LogP contribution < -0.4 is 11.1 Å². The van der Waals surface area contributed by atoms with E-state index in [1.54, 1.807) is 0 Å². The lowest BCUT2D eigenvalue weighted by atomic mass is 10.1. The Labute approximate surface area is 139 Å². The minimum absolute atomic E-state index is 0. The number of benzene rings is 1. The molecule has 5 nitrogen and oxygen atoms in total. The summed E-state index contributed by atoms with van der Waals surface area (Å²) in [7, 11) is 0. The zero-order chi connectivity index (χ0) is 15.4. The third-order valence-electron chi connectivity index (χ3n) is 3.47. The lowest BCUT2D eigenvalue weighted by Crippen LogP contribution is -2.37. The number of rotatable bonds is 5. The Kier molecular flexibility index (Phi) is 7.52. The van der Waals surface area contributed by atoms with Gasteiger partial charge in [0.1, 0.15) is 18.0 Å². The van der Waals surface area contributed by atoms with Crippen LogP contribution >= 0.6 is 24.0 Å².